The van der Waals surface area contributed by atoms with Crippen molar-refractivity contribution in [2.24, 2.45) is 0 Å². The molecule has 5 aromatic carbocycles. The van der Waals surface area contributed by atoms with Crippen LogP contribution in [0.15, 0.2) is 91.0 Å². The molecule has 0 radical (unpaired) electrons. The Morgan fingerprint density at radius 1 is 0.567 bits per heavy atom. The second kappa shape index (κ2) is 8.01. The maximum absolute atomic E-state index is 8.65. The quantitative estimate of drug-likeness (QED) is 0.252. The maximum atomic E-state index is 8.65. The molecular formula is C29H23N. The summed E-state index contributed by atoms with van der Waals surface area (Å²) >= 11 is 0. The Hall–Kier alpha value is -3.63. The summed E-state index contributed by atoms with van der Waals surface area (Å²) in [5.41, 5.74) is 3.89. The fourth-order valence-corrected chi connectivity index (χ4v) is 4.60. The van der Waals surface area contributed by atoms with Gasteiger partial charge in [0, 0.05) is 0 Å². The topological polar surface area (TPSA) is 23.8 Å². The van der Waals surface area contributed by atoms with Crippen LogP contribution in [0.4, 0.5) is 0 Å². The monoisotopic (exact) mass is 385 g/mol. The molecule has 5 aromatic rings. The van der Waals surface area contributed by atoms with Crippen LogP contribution < -0.4 is 0 Å². The molecule has 0 saturated carbocycles. The van der Waals surface area contributed by atoms with Crippen LogP contribution in [0, 0.1) is 11.3 Å². The minimum absolute atomic E-state index is 0.716. The number of aryl methyl sites for hydroxylation is 2. The van der Waals surface area contributed by atoms with Gasteiger partial charge in [-0.15, -0.1) is 0 Å². The zero-order valence-corrected chi connectivity index (χ0v) is 16.9. The van der Waals surface area contributed by atoms with Crippen LogP contribution in [0.25, 0.3) is 32.3 Å². The summed E-state index contributed by atoms with van der Waals surface area (Å²) in [7, 11) is 0. The third-order valence-corrected chi connectivity index (χ3v) is 6.14. The Morgan fingerprint density at radius 2 is 1.27 bits per heavy atom. The fourth-order valence-electron chi connectivity index (χ4n) is 4.60. The van der Waals surface area contributed by atoms with Crippen LogP contribution in [-0.4, -0.2) is 0 Å². The number of nitriles is 1. The zero-order valence-electron chi connectivity index (χ0n) is 16.9. The highest BCUT2D eigenvalue weighted by Crippen LogP contribution is 2.33. The van der Waals surface area contributed by atoms with Crippen molar-refractivity contribution in [3.8, 4) is 6.07 Å². The summed E-state index contributed by atoms with van der Waals surface area (Å²) < 4.78 is 0. The molecule has 0 bridgehead atoms. The van der Waals surface area contributed by atoms with Gasteiger partial charge in [-0.05, 0) is 81.3 Å². The maximum Gasteiger partial charge on any atom is 0.0991 e. The van der Waals surface area contributed by atoms with E-state index in [9.17, 15) is 0 Å². The Kier molecular flexibility index (Phi) is 4.91. The van der Waals surface area contributed by atoms with Crippen LogP contribution in [0.5, 0.6) is 0 Å². The van der Waals surface area contributed by atoms with E-state index in [4.69, 9.17) is 5.26 Å². The highest BCUT2D eigenvalue weighted by Gasteiger charge is 2.13. The summed E-state index contributed by atoms with van der Waals surface area (Å²) in [6.07, 6.45) is 5.22. The third-order valence-electron chi connectivity index (χ3n) is 6.14. The molecule has 0 fully saturated rings. The van der Waals surface area contributed by atoms with Gasteiger partial charge in [0.05, 0.1) is 11.6 Å². The van der Waals surface area contributed by atoms with Gasteiger partial charge in [-0.1, -0.05) is 78.9 Å². The first-order valence-corrected chi connectivity index (χ1v) is 10.6. The average Bonchev–Trinajstić information content (AvgIpc) is 2.83. The molecule has 1 nitrogen and oxygen atoms in total. The van der Waals surface area contributed by atoms with E-state index >= 15 is 0 Å². The van der Waals surface area contributed by atoms with Crippen LogP contribution in [0.1, 0.15) is 29.5 Å². The lowest BCUT2D eigenvalue weighted by atomic mass is 9.86. The average molecular weight is 386 g/mol. The van der Waals surface area contributed by atoms with Crippen molar-refractivity contribution in [1.82, 2.24) is 0 Å². The number of rotatable bonds is 0. The molecule has 30 heavy (non-hydrogen) atoms. The van der Waals surface area contributed by atoms with Gasteiger partial charge in [-0.3, -0.25) is 0 Å². The van der Waals surface area contributed by atoms with Crippen molar-refractivity contribution in [2.75, 3.05) is 0 Å². The van der Waals surface area contributed by atoms with E-state index in [0.29, 0.717) is 5.56 Å². The number of benzene rings is 5. The number of fused-ring (bicyclic) bond motifs is 6. The highest BCUT2D eigenvalue weighted by molar-refractivity contribution is 6.08. The summed E-state index contributed by atoms with van der Waals surface area (Å²) in [5, 5.41) is 16.6. The molecule has 0 aliphatic heterocycles. The molecule has 0 atom stereocenters. The van der Waals surface area contributed by atoms with Crippen LogP contribution in [-0.2, 0) is 12.8 Å². The van der Waals surface area contributed by atoms with Gasteiger partial charge in [0.15, 0.2) is 0 Å². The normalized spacial score (nSPS) is 12.8. The predicted octanol–water partition coefficient (Wildman–Crippen LogP) is 7.58. The second-order valence-corrected chi connectivity index (χ2v) is 7.97. The summed E-state index contributed by atoms with van der Waals surface area (Å²) in [6, 6.07) is 33.8. The Morgan fingerprint density at radius 3 is 2.13 bits per heavy atom. The minimum Gasteiger partial charge on any atom is -0.192 e. The summed E-state index contributed by atoms with van der Waals surface area (Å²) in [4.78, 5) is 0. The van der Waals surface area contributed by atoms with E-state index in [1.54, 1.807) is 11.1 Å². The molecule has 1 heteroatoms. The zero-order chi connectivity index (χ0) is 20.3. The Bertz CT molecular complexity index is 1410. The van der Waals surface area contributed by atoms with E-state index in [0.717, 1.165) is 5.39 Å². The van der Waals surface area contributed by atoms with Gasteiger partial charge >= 0.3 is 0 Å². The first-order valence-electron chi connectivity index (χ1n) is 10.6. The molecule has 1 aliphatic rings. The van der Waals surface area contributed by atoms with Crippen molar-refractivity contribution in [3.05, 3.63) is 108 Å². The predicted molar refractivity (Wildman–Crippen MR) is 127 cm³/mol. The first kappa shape index (κ1) is 18.4. The van der Waals surface area contributed by atoms with Crippen molar-refractivity contribution < 1.29 is 0 Å². The number of hydrogen-bond donors (Lipinski definition) is 0. The van der Waals surface area contributed by atoms with E-state index in [1.165, 1.54) is 52.6 Å². The fraction of sp³-hybridized carbons (Fsp3) is 0.138. The highest BCUT2D eigenvalue weighted by atomic mass is 14.2. The molecule has 0 saturated heterocycles. The van der Waals surface area contributed by atoms with Crippen LogP contribution in [0.2, 0.25) is 0 Å². The Labute approximate surface area is 177 Å². The second-order valence-electron chi connectivity index (χ2n) is 7.97. The molecule has 0 unspecified atom stereocenters. The molecule has 0 N–H and O–H groups in total. The Balaban J connectivity index is 0.000000140. The van der Waals surface area contributed by atoms with Crippen molar-refractivity contribution in [3.63, 3.8) is 0 Å². The largest absolute Gasteiger partial charge is 0.192 e. The van der Waals surface area contributed by atoms with Crippen LogP contribution in [0.3, 0.4) is 0 Å². The SMILES string of the molecule is N#Cc1ccc2ccccc2c1.c1ccc2c(c1)ccc1c3c(ccc12)CCCC3. The smallest absolute Gasteiger partial charge is 0.0991 e. The lowest BCUT2D eigenvalue weighted by Crippen LogP contribution is -2.02. The molecular weight excluding hydrogens is 362 g/mol. The van der Waals surface area contributed by atoms with Crippen molar-refractivity contribution in [1.29, 1.82) is 5.26 Å². The summed E-state index contributed by atoms with van der Waals surface area (Å²) in [5.74, 6) is 0. The molecule has 0 heterocycles. The molecule has 1 aliphatic carbocycles. The van der Waals surface area contributed by atoms with Crippen molar-refractivity contribution >= 4 is 32.3 Å². The lowest BCUT2D eigenvalue weighted by Gasteiger charge is -2.18. The third kappa shape index (κ3) is 3.42. The summed E-state index contributed by atoms with van der Waals surface area (Å²) in [6.45, 7) is 0. The van der Waals surface area contributed by atoms with E-state index in [-0.39, 0.29) is 0 Å². The van der Waals surface area contributed by atoms with Crippen LogP contribution >= 0.6 is 0 Å². The minimum atomic E-state index is 0.716. The standard InChI is InChI=1S/C18H16.C11H7N/c1-3-7-15-13(5-1)9-11-18-16-8-4-2-6-14(16)10-12-17(15)18;12-8-9-5-6-10-3-1-2-4-11(10)7-9/h1,3,5,7,9-12H,2,4,6,8H2;1-7H. The first-order chi connectivity index (χ1) is 14.8. The van der Waals surface area contributed by atoms with Crippen molar-refractivity contribution in [2.45, 2.75) is 25.7 Å². The molecule has 144 valence electrons. The van der Waals surface area contributed by atoms with Gasteiger partial charge < -0.3 is 0 Å². The van der Waals surface area contributed by atoms with E-state index < -0.39 is 0 Å². The van der Waals surface area contributed by atoms with E-state index in [2.05, 4.69) is 54.6 Å². The molecule has 0 amide bonds. The number of hydrogen-bond acceptors (Lipinski definition) is 1. The van der Waals surface area contributed by atoms with Gasteiger partial charge in [0.2, 0.25) is 0 Å². The molecule has 0 spiro atoms. The van der Waals surface area contributed by atoms with Gasteiger partial charge in [0.25, 0.3) is 0 Å². The van der Waals surface area contributed by atoms with E-state index in [1.807, 2.05) is 42.5 Å². The van der Waals surface area contributed by atoms with Gasteiger partial charge in [-0.2, -0.15) is 5.26 Å². The van der Waals surface area contributed by atoms with Gasteiger partial charge in [-0.25, -0.2) is 0 Å². The molecule has 0 aromatic heterocycles. The lowest BCUT2D eigenvalue weighted by molar-refractivity contribution is 0.690. The van der Waals surface area contributed by atoms with Gasteiger partial charge in [0.1, 0.15) is 0 Å². The number of nitrogens with zero attached hydrogens (tertiary/aromatic N) is 1. The molecule has 6 rings (SSSR count).